The lowest BCUT2D eigenvalue weighted by molar-refractivity contribution is -0.192. The van der Waals surface area contributed by atoms with Gasteiger partial charge in [0.2, 0.25) is 0 Å². The molecule has 1 unspecified atom stereocenters. The maximum atomic E-state index is 13.2. The topological polar surface area (TPSA) is 233 Å². The molecule has 4 rings (SSSR count). The van der Waals surface area contributed by atoms with Gasteiger partial charge in [-0.05, 0) is 68.5 Å². The number of ether oxygens (including phenoxy) is 1. The molecule has 50 heavy (non-hydrogen) atoms. The van der Waals surface area contributed by atoms with E-state index >= 15 is 0 Å². The number of hydrogen-bond acceptors (Lipinski definition) is 9. The lowest BCUT2D eigenvalue weighted by Gasteiger charge is -2.23. The van der Waals surface area contributed by atoms with Gasteiger partial charge in [-0.1, -0.05) is 24.6 Å². The van der Waals surface area contributed by atoms with Crippen LogP contribution in [0.15, 0.2) is 47.5 Å². The largest absolute Gasteiger partial charge is 0.490 e. The Kier molecular flexibility index (Phi) is 12.8. The molecule has 2 atom stereocenters. The fourth-order valence-corrected chi connectivity index (χ4v) is 5.46. The van der Waals surface area contributed by atoms with Crippen molar-refractivity contribution in [2.24, 2.45) is 16.5 Å². The number of carbonyl (C=O) groups is 6. The minimum absolute atomic E-state index is 0.0789. The molecular weight excluding hydrogens is 665 g/mol. The van der Waals surface area contributed by atoms with E-state index in [0.717, 1.165) is 31.2 Å². The van der Waals surface area contributed by atoms with Gasteiger partial charge in [0.05, 0.1) is 23.9 Å². The van der Waals surface area contributed by atoms with Crippen molar-refractivity contribution < 1.29 is 51.8 Å². The summed E-state index contributed by atoms with van der Waals surface area (Å²) in [7, 11) is 0. The number of alkyl halides is 3. The van der Waals surface area contributed by atoms with Gasteiger partial charge < -0.3 is 36.2 Å². The number of aryl methyl sites for hydroxylation is 1. The Labute approximate surface area is 285 Å². The number of hydrogen-bond donors (Lipinski definition) is 5. The van der Waals surface area contributed by atoms with E-state index in [2.05, 4.69) is 15.6 Å². The van der Waals surface area contributed by atoms with Gasteiger partial charge in [-0.15, -0.1) is 0 Å². The first kappa shape index (κ1) is 39.1. The van der Waals surface area contributed by atoms with Crippen molar-refractivity contribution in [3.05, 3.63) is 59.2 Å². The van der Waals surface area contributed by atoms with E-state index in [9.17, 15) is 37.1 Å². The number of carboxylic acids is 1. The van der Waals surface area contributed by atoms with Gasteiger partial charge in [-0.2, -0.15) is 13.2 Å². The highest BCUT2D eigenvalue weighted by molar-refractivity contribution is 6.13. The molecule has 0 radical (unpaired) electrons. The predicted molar refractivity (Wildman–Crippen MR) is 175 cm³/mol. The van der Waals surface area contributed by atoms with Crippen molar-refractivity contribution in [2.45, 2.75) is 75.7 Å². The van der Waals surface area contributed by atoms with E-state index in [0.29, 0.717) is 41.6 Å². The number of amides is 2. The van der Waals surface area contributed by atoms with Crippen molar-refractivity contribution in [1.29, 1.82) is 0 Å². The summed E-state index contributed by atoms with van der Waals surface area (Å²) in [5.74, 6) is -3.92. The van der Waals surface area contributed by atoms with Gasteiger partial charge in [0.15, 0.2) is 5.96 Å². The van der Waals surface area contributed by atoms with E-state index < -0.39 is 35.3 Å². The van der Waals surface area contributed by atoms with Crippen LogP contribution in [0.4, 0.5) is 24.5 Å². The highest BCUT2D eigenvalue weighted by atomic mass is 19.4. The molecule has 2 heterocycles. The Balaban J connectivity index is 0.000000872. The number of halogens is 3. The molecule has 0 spiro atoms. The summed E-state index contributed by atoms with van der Waals surface area (Å²) in [6.45, 7) is 3.82. The van der Waals surface area contributed by atoms with Crippen LogP contribution in [0.2, 0.25) is 0 Å². The number of aliphatic imine (C=N–C) groups is 1. The van der Waals surface area contributed by atoms with Gasteiger partial charge in [0.1, 0.15) is 23.7 Å². The summed E-state index contributed by atoms with van der Waals surface area (Å²) >= 11 is 0. The smallest absolute Gasteiger partial charge is 0.475 e. The molecule has 2 amide bonds. The van der Waals surface area contributed by atoms with E-state index in [1.807, 2.05) is 12.1 Å². The van der Waals surface area contributed by atoms with Crippen LogP contribution >= 0.6 is 0 Å². The quantitative estimate of drug-likeness (QED) is 0.0477. The molecule has 1 saturated heterocycles. The van der Waals surface area contributed by atoms with Gasteiger partial charge in [-0.25, -0.2) is 9.59 Å². The molecule has 1 fully saturated rings. The summed E-state index contributed by atoms with van der Waals surface area (Å²) in [5, 5.41) is 12.8. The Hall–Kier alpha value is -5.32. The third-order valence-electron chi connectivity index (χ3n) is 7.95. The Morgan fingerprint density at radius 2 is 1.70 bits per heavy atom. The zero-order valence-electron chi connectivity index (χ0n) is 27.4. The zero-order chi connectivity index (χ0) is 37.3. The number of carbonyl (C=O) groups excluding carboxylic acids is 5. The van der Waals surface area contributed by atoms with Crippen LogP contribution in [0.3, 0.4) is 0 Å². The van der Waals surface area contributed by atoms with Crippen LogP contribution in [-0.4, -0.2) is 83.8 Å². The number of aliphatic carboxylic acids is 1. The minimum atomic E-state index is -5.08. The molecule has 270 valence electrons. The highest BCUT2D eigenvalue weighted by Crippen LogP contribution is 2.44. The molecule has 2 aromatic carbocycles. The Bertz CT molecular complexity index is 1630. The number of nitrogens with zero attached hydrogens (tertiary/aromatic N) is 2. The second-order valence-corrected chi connectivity index (χ2v) is 12.0. The summed E-state index contributed by atoms with van der Waals surface area (Å²) < 4.78 is 37.2. The number of esters is 1. The molecule has 7 N–H and O–H groups in total. The summed E-state index contributed by atoms with van der Waals surface area (Å²) in [6.07, 6.45) is -0.931. The van der Waals surface area contributed by atoms with Crippen molar-refractivity contribution in [3.8, 4) is 0 Å². The average molecular weight is 705 g/mol. The fraction of sp³-hybridized carbons (Fsp3) is 0.424. The molecule has 2 aliphatic heterocycles. The van der Waals surface area contributed by atoms with Crippen LogP contribution in [0.25, 0.3) is 0 Å². The first-order valence-corrected chi connectivity index (χ1v) is 15.6. The minimum Gasteiger partial charge on any atom is -0.475 e. The van der Waals surface area contributed by atoms with Gasteiger partial charge in [0, 0.05) is 25.1 Å². The normalized spacial score (nSPS) is 19.6. The fourth-order valence-electron chi connectivity index (χ4n) is 5.46. The molecule has 2 aromatic rings. The number of anilines is 2. The first-order chi connectivity index (χ1) is 23.5. The first-order valence-electron chi connectivity index (χ1n) is 15.6. The van der Waals surface area contributed by atoms with E-state index in [-0.39, 0.29) is 37.2 Å². The lowest BCUT2D eigenvalue weighted by atomic mass is 9.85. The third kappa shape index (κ3) is 9.43. The van der Waals surface area contributed by atoms with Crippen molar-refractivity contribution >= 4 is 53.7 Å². The standard InChI is InChI=1S/C31H38N6O6.C2HF3O2/c1-20(2)43-28(42)31(30(19-39,36-31)13-15-38)17-22-7-10-23(11-8-22)37-25-12-9-21(6-4-3-5-14-34-29(32)33)16-24(25)27(41)35-18-26(37)40;3-2(4,5)1(6)7/h7-12,15-16,19-20,36H,3-6,13-14,17-18H2,1-2H3,(H,35,41)(H4,32,33,34);(H,6,7)/t30?,31-;/m0./s1. The van der Waals surface area contributed by atoms with Gasteiger partial charge in [-0.3, -0.25) is 24.8 Å². The summed E-state index contributed by atoms with van der Waals surface area (Å²) in [5.41, 5.74) is 11.1. The van der Waals surface area contributed by atoms with Gasteiger partial charge in [0.25, 0.3) is 11.8 Å². The molecule has 0 bridgehead atoms. The number of aldehydes is 2. The molecule has 14 nitrogen and oxygen atoms in total. The SMILES string of the molecule is CC(C)OC(=O)[C@]1(Cc2ccc(N3C(=O)CNC(=O)c4cc(CCCCCN=C(N)N)ccc43)cc2)NC1(C=O)CC=O.O=C(O)C(F)(F)F. The molecule has 2 aliphatic rings. The van der Waals surface area contributed by atoms with Crippen LogP contribution in [0, 0.1) is 0 Å². The summed E-state index contributed by atoms with van der Waals surface area (Å²) in [6, 6.07) is 12.5. The Morgan fingerprint density at radius 3 is 2.26 bits per heavy atom. The molecule has 0 aliphatic carbocycles. The molecule has 0 saturated carbocycles. The number of fused-ring (bicyclic) bond motifs is 1. The molecule has 17 heteroatoms. The summed E-state index contributed by atoms with van der Waals surface area (Å²) in [4.78, 5) is 76.8. The van der Waals surface area contributed by atoms with Crippen LogP contribution in [0.1, 0.15) is 61.0 Å². The molecule has 0 aromatic heterocycles. The second kappa shape index (κ2) is 16.4. The van der Waals surface area contributed by atoms with E-state index in [4.69, 9.17) is 26.1 Å². The van der Waals surface area contributed by atoms with E-state index in [1.165, 1.54) is 4.90 Å². The van der Waals surface area contributed by atoms with Crippen molar-refractivity contribution in [2.75, 3.05) is 18.0 Å². The lowest BCUT2D eigenvalue weighted by Crippen LogP contribution is -2.40. The van der Waals surface area contributed by atoms with Crippen molar-refractivity contribution in [3.63, 3.8) is 0 Å². The number of nitrogens with one attached hydrogen (secondary N) is 2. The number of carboxylic acid groups (broad SMARTS) is 1. The average Bonchev–Trinajstić information content (AvgIpc) is 3.72. The number of rotatable bonds is 14. The van der Waals surface area contributed by atoms with Gasteiger partial charge >= 0.3 is 18.1 Å². The number of nitrogens with two attached hydrogens (primary N) is 2. The maximum Gasteiger partial charge on any atom is 0.490 e. The number of benzene rings is 2. The highest BCUT2D eigenvalue weighted by Gasteiger charge is 2.72. The number of guanidine groups is 1. The van der Waals surface area contributed by atoms with E-state index in [1.54, 1.807) is 44.2 Å². The number of unbranched alkanes of at least 4 members (excludes halogenated alkanes) is 2. The van der Waals surface area contributed by atoms with Crippen LogP contribution < -0.4 is 27.0 Å². The second-order valence-electron chi connectivity index (χ2n) is 12.0. The third-order valence-corrected chi connectivity index (χ3v) is 7.95. The maximum absolute atomic E-state index is 13.2. The zero-order valence-corrected chi connectivity index (χ0v) is 27.4. The monoisotopic (exact) mass is 704 g/mol. The van der Waals surface area contributed by atoms with Crippen LogP contribution in [0.5, 0.6) is 0 Å². The Morgan fingerprint density at radius 1 is 1.06 bits per heavy atom. The molecular formula is C33H39F3N6O8. The van der Waals surface area contributed by atoms with Crippen molar-refractivity contribution in [1.82, 2.24) is 10.6 Å². The van der Waals surface area contributed by atoms with Crippen LogP contribution in [-0.2, 0) is 41.6 Å². The predicted octanol–water partition coefficient (Wildman–Crippen LogP) is 2.08.